The molecule has 0 fully saturated rings. The highest BCUT2D eigenvalue weighted by Gasteiger charge is 1.89. The van der Waals surface area contributed by atoms with Gasteiger partial charge in [-0.15, -0.1) is 0 Å². The minimum absolute atomic E-state index is 1.11. The van der Waals surface area contributed by atoms with E-state index in [0.29, 0.717) is 0 Å². The second kappa shape index (κ2) is 15.5. The van der Waals surface area contributed by atoms with Crippen molar-refractivity contribution in [1.82, 2.24) is 0 Å². The van der Waals surface area contributed by atoms with Crippen molar-refractivity contribution in [2.45, 2.75) is 77.6 Å². The molecule has 0 bridgehead atoms. The average molecular weight is 235 g/mol. The summed E-state index contributed by atoms with van der Waals surface area (Å²) in [5.41, 5.74) is 0. The summed E-state index contributed by atoms with van der Waals surface area (Å²) in [7, 11) is 0. The fourth-order valence-corrected chi connectivity index (χ4v) is 1.90. The van der Waals surface area contributed by atoms with E-state index in [2.05, 4.69) is 38.2 Å². The van der Waals surface area contributed by atoms with E-state index in [1.807, 2.05) is 0 Å². The fourth-order valence-electron chi connectivity index (χ4n) is 1.90. The first-order chi connectivity index (χ1) is 8.41. The maximum absolute atomic E-state index is 3.87. The molecule has 0 atom stereocenters. The zero-order valence-corrected chi connectivity index (χ0v) is 11.8. The number of hydrogen-bond donors (Lipinski definition) is 0. The predicted molar refractivity (Wildman–Crippen MR) is 80.1 cm³/mol. The lowest BCUT2D eigenvalue weighted by molar-refractivity contribution is 0.599. The van der Waals surface area contributed by atoms with Crippen LogP contribution in [0.1, 0.15) is 77.6 Å². The lowest BCUT2D eigenvalue weighted by Gasteiger charge is -1.98. The Morgan fingerprint density at radius 1 is 0.647 bits per heavy atom. The molecule has 0 aromatic heterocycles. The molecule has 0 aromatic carbocycles. The standard InChI is InChI=1S/C17H31/c1-3-5-7-9-11-13-15-17-16-14-12-10-8-6-4-2/h4,6,14,16H,1,3,5,7-13,15,17H2,2H3/b6-4+,16-14+. The molecular formula is C17H31. The molecule has 0 rings (SSSR count). The second-order valence-electron chi connectivity index (χ2n) is 4.73. The smallest absolute Gasteiger partial charge is 0.0348 e. The first-order valence-corrected chi connectivity index (χ1v) is 7.47. The van der Waals surface area contributed by atoms with Crippen LogP contribution in [-0.4, -0.2) is 0 Å². The first kappa shape index (κ1) is 16.5. The third-order valence-corrected chi connectivity index (χ3v) is 3.01. The van der Waals surface area contributed by atoms with Gasteiger partial charge in [0.05, 0.1) is 0 Å². The lowest BCUT2D eigenvalue weighted by atomic mass is 10.1. The van der Waals surface area contributed by atoms with Gasteiger partial charge in [0.1, 0.15) is 0 Å². The van der Waals surface area contributed by atoms with Crippen LogP contribution in [0.25, 0.3) is 0 Å². The third-order valence-electron chi connectivity index (χ3n) is 3.01. The van der Waals surface area contributed by atoms with Crippen molar-refractivity contribution in [3.63, 3.8) is 0 Å². The molecule has 0 aliphatic rings. The molecule has 0 saturated heterocycles. The molecule has 0 spiro atoms. The van der Waals surface area contributed by atoms with Crippen molar-refractivity contribution in [2.24, 2.45) is 0 Å². The van der Waals surface area contributed by atoms with Crippen molar-refractivity contribution >= 4 is 0 Å². The van der Waals surface area contributed by atoms with Crippen LogP contribution in [0, 0.1) is 6.92 Å². The van der Waals surface area contributed by atoms with Gasteiger partial charge < -0.3 is 0 Å². The Kier molecular flexibility index (Phi) is 15.0. The van der Waals surface area contributed by atoms with Crippen molar-refractivity contribution in [3.8, 4) is 0 Å². The van der Waals surface area contributed by atoms with Crippen molar-refractivity contribution in [2.75, 3.05) is 0 Å². The molecule has 1 radical (unpaired) electrons. The van der Waals surface area contributed by atoms with Gasteiger partial charge in [-0.2, -0.15) is 0 Å². The summed E-state index contributed by atoms with van der Waals surface area (Å²) in [6, 6.07) is 0. The molecule has 99 valence electrons. The van der Waals surface area contributed by atoms with Gasteiger partial charge in [0.2, 0.25) is 0 Å². The minimum atomic E-state index is 1.11. The molecule has 0 saturated carbocycles. The maximum atomic E-state index is 3.87. The van der Waals surface area contributed by atoms with Crippen LogP contribution in [0.4, 0.5) is 0 Å². The topological polar surface area (TPSA) is 0 Å². The van der Waals surface area contributed by atoms with Crippen LogP contribution in [0.15, 0.2) is 24.3 Å². The molecule has 0 heteroatoms. The Hall–Kier alpha value is -0.520. The quantitative estimate of drug-likeness (QED) is 0.277. The second-order valence-corrected chi connectivity index (χ2v) is 4.73. The Balaban J connectivity index is 3.03. The summed E-state index contributed by atoms with van der Waals surface area (Å²) < 4.78 is 0. The van der Waals surface area contributed by atoms with Crippen molar-refractivity contribution in [3.05, 3.63) is 31.2 Å². The summed E-state index contributed by atoms with van der Waals surface area (Å²) in [5, 5.41) is 0. The summed E-state index contributed by atoms with van der Waals surface area (Å²) in [6.45, 7) is 5.96. The molecule has 0 aliphatic heterocycles. The van der Waals surface area contributed by atoms with E-state index in [9.17, 15) is 0 Å². The lowest BCUT2D eigenvalue weighted by Crippen LogP contribution is -1.79. The molecule has 17 heavy (non-hydrogen) atoms. The molecule has 0 heterocycles. The molecule has 0 unspecified atom stereocenters. The Labute approximate surface area is 109 Å². The van der Waals surface area contributed by atoms with Gasteiger partial charge in [-0.05, 0) is 39.0 Å². The Morgan fingerprint density at radius 2 is 1.18 bits per heavy atom. The zero-order valence-electron chi connectivity index (χ0n) is 11.8. The van der Waals surface area contributed by atoms with Gasteiger partial charge >= 0.3 is 0 Å². The summed E-state index contributed by atoms with van der Waals surface area (Å²) >= 11 is 0. The predicted octanol–water partition coefficient (Wildman–Crippen LogP) is 6.24. The third kappa shape index (κ3) is 15.5. The van der Waals surface area contributed by atoms with E-state index in [-0.39, 0.29) is 0 Å². The Bertz CT molecular complexity index is 176. The van der Waals surface area contributed by atoms with Crippen LogP contribution in [-0.2, 0) is 0 Å². The van der Waals surface area contributed by atoms with Gasteiger partial charge in [0.15, 0.2) is 0 Å². The van der Waals surface area contributed by atoms with Gasteiger partial charge in [-0.1, -0.05) is 69.8 Å². The van der Waals surface area contributed by atoms with E-state index in [1.165, 1.54) is 64.2 Å². The van der Waals surface area contributed by atoms with Crippen molar-refractivity contribution < 1.29 is 0 Å². The Morgan fingerprint density at radius 3 is 1.82 bits per heavy atom. The van der Waals surface area contributed by atoms with E-state index >= 15 is 0 Å². The fraction of sp³-hybridized carbons (Fsp3) is 0.706. The monoisotopic (exact) mass is 235 g/mol. The van der Waals surface area contributed by atoms with Gasteiger partial charge in [-0.25, -0.2) is 0 Å². The average Bonchev–Trinajstić information content (AvgIpc) is 2.35. The SMILES string of the molecule is [CH2]CCCCCCCC/C=C/CCC/C=C/C. The van der Waals surface area contributed by atoms with Crippen LogP contribution >= 0.6 is 0 Å². The molecule has 0 amide bonds. The van der Waals surface area contributed by atoms with E-state index in [4.69, 9.17) is 0 Å². The van der Waals surface area contributed by atoms with Crippen LogP contribution in [0.2, 0.25) is 0 Å². The highest BCUT2D eigenvalue weighted by atomic mass is 14.0. The van der Waals surface area contributed by atoms with Gasteiger partial charge in [-0.3, -0.25) is 0 Å². The molecule has 0 N–H and O–H groups in total. The van der Waals surface area contributed by atoms with E-state index < -0.39 is 0 Å². The van der Waals surface area contributed by atoms with E-state index in [1.54, 1.807) is 0 Å². The van der Waals surface area contributed by atoms with Crippen LogP contribution < -0.4 is 0 Å². The largest absolute Gasteiger partial charge is 0.0917 e. The number of hydrogen-bond acceptors (Lipinski definition) is 0. The minimum Gasteiger partial charge on any atom is -0.0917 e. The maximum Gasteiger partial charge on any atom is -0.0348 e. The van der Waals surface area contributed by atoms with Gasteiger partial charge in [0, 0.05) is 0 Å². The number of rotatable bonds is 12. The number of unbranched alkanes of at least 4 members (excludes halogenated alkanes) is 9. The normalized spacial score (nSPS) is 11.9. The molecule has 0 aromatic rings. The molecular weight excluding hydrogens is 204 g/mol. The molecule has 0 aliphatic carbocycles. The van der Waals surface area contributed by atoms with Crippen molar-refractivity contribution in [1.29, 1.82) is 0 Å². The summed E-state index contributed by atoms with van der Waals surface area (Å²) in [6.07, 6.45) is 23.5. The first-order valence-electron chi connectivity index (χ1n) is 7.47. The highest BCUT2D eigenvalue weighted by molar-refractivity contribution is 4.83. The van der Waals surface area contributed by atoms with Gasteiger partial charge in [0.25, 0.3) is 0 Å². The zero-order chi connectivity index (χ0) is 12.6. The van der Waals surface area contributed by atoms with E-state index in [0.717, 1.165) is 6.42 Å². The summed E-state index contributed by atoms with van der Waals surface area (Å²) in [5.74, 6) is 0. The number of allylic oxidation sites excluding steroid dienone is 4. The van der Waals surface area contributed by atoms with Crippen LogP contribution in [0.3, 0.4) is 0 Å². The molecule has 0 nitrogen and oxygen atoms in total. The summed E-state index contributed by atoms with van der Waals surface area (Å²) in [4.78, 5) is 0. The van der Waals surface area contributed by atoms with Crippen LogP contribution in [0.5, 0.6) is 0 Å². The highest BCUT2D eigenvalue weighted by Crippen LogP contribution is 2.08.